The summed E-state index contributed by atoms with van der Waals surface area (Å²) in [6, 6.07) is 10.5. The van der Waals surface area contributed by atoms with E-state index >= 15 is 0 Å². The standard InChI is InChI=1S/C22H37N5O2/c1-18(2)20(27-12-14-29-15-13-27)16-25-22(23-3)24-11-10-21(28)26(4)17-19-8-6-5-7-9-19/h5-9,18,20H,10-17H2,1-4H3,(H2,23,24,25). The first kappa shape index (κ1) is 23.2. The van der Waals surface area contributed by atoms with Crippen molar-refractivity contribution in [3.05, 3.63) is 35.9 Å². The summed E-state index contributed by atoms with van der Waals surface area (Å²) in [7, 11) is 3.61. The molecule has 1 unspecified atom stereocenters. The lowest BCUT2D eigenvalue weighted by Gasteiger charge is -2.37. The molecule has 1 saturated heterocycles. The van der Waals surface area contributed by atoms with E-state index < -0.39 is 0 Å². The molecule has 1 aliphatic rings. The van der Waals surface area contributed by atoms with Gasteiger partial charge in [0, 0.05) is 59.3 Å². The Morgan fingerprint density at radius 1 is 1.21 bits per heavy atom. The quantitative estimate of drug-likeness (QED) is 0.484. The summed E-state index contributed by atoms with van der Waals surface area (Å²) in [6.45, 7) is 10.0. The molecule has 2 rings (SSSR count). The SMILES string of the molecule is CN=C(NCCC(=O)N(C)Cc1ccccc1)NCC(C(C)C)N1CCOCC1. The van der Waals surface area contributed by atoms with Gasteiger partial charge in [-0.3, -0.25) is 14.7 Å². The third-order valence-electron chi connectivity index (χ3n) is 5.31. The monoisotopic (exact) mass is 403 g/mol. The Labute approximate surface area is 175 Å². The van der Waals surface area contributed by atoms with Crippen LogP contribution in [0.3, 0.4) is 0 Å². The van der Waals surface area contributed by atoms with Crippen LogP contribution in [0.25, 0.3) is 0 Å². The fraction of sp³-hybridized carbons (Fsp3) is 0.636. The Bertz CT molecular complexity index is 629. The molecule has 0 radical (unpaired) electrons. The number of ether oxygens (including phenoxy) is 1. The highest BCUT2D eigenvalue weighted by Crippen LogP contribution is 2.12. The molecule has 1 heterocycles. The number of hydrogen-bond acceptors (Lipinski definition) is 4. The first-order chi connectivity index (χ1) is 14.0. The number of carbonyl (C=O) groups is 1. The number of rotatable bonds is 9. The lowest BCUT2D eigenvalue weighted by Crippen LogP contribution is -2.52. The van der Waals surface area contributed by atoms with E-state index in [1.54, 1.807) is 11.9 Å². The summed E-state index contributed by atoms with van der Waals surface area (Å²) in [6.07, 6.45) is 0.432. The zero-order chi connectivity index (χ0) is 21.1. The molecule has 1 aromatic carbocycles. The average Bonchev–Trinajstić information content (AvgIpc) is 2.73. The van der Waals surface area contributed by atoms with E-state index in [1.807, 2.05) is 37.4 Å². The number of aliphatic imine (C=N–C) groups is 1. The molecular weight excluding hydrogens is 366 g/mol. The zero-order valence-electron chi connectivity index (χ0n) is 18.4. The minimum absolute atomic E-state index is 0.116. The number of hydrogen-bond donors (Lipinski definition) is 2. The lowest BCUT2D eigenvalue weighted by molar-refractivity contribution is -0.130. The van der Waals surface area contributed by atoms with E-state index in [4.69, 9.17) is 4.74 Å². The van der Waals surface area contributed by atoms with Gasteiger partial charge in [0.1, 0.15) is 0 Å². The topological polar surface area (TPSA) is 69.2 Å². The van der Waals surface area contributed by atoms with Crippen LogP contribution in [0.15, 0.2) is 35.3 Å². The summed E-state index contributed by atoms with van der Waals surface area (Å²) >= 11 is 0. The largest absolute Gasteiger partial charge is 0.379 e. The number of nitrogens with zero attached hydrogens (tertiary/aromatic N) is 3. The van der Waals surface area contributed by atoms with Gasteiger partial charge in [-0.25, -0.2) is 0 Å². The molecule has 1 aromatic rings. The third-order valence-corrected chi connectivity index (χ3v) is 5.31. The van der Waals surface area contributed by atoms with E-state index in [1.165, 1.54) is 0 Å². The number of carbonyl (C=O) groups excluding carboxylic acids is 1. The van der Waals surface area contributed by atoms with Gasteiger partial charge in [-0.1, -0.05) is 44.2 Å². The molecule has 0 aromatic heterocycles. The number of morpholine rings is 1. The van der Waals surface area contributed by atoms with E-state index in [-0.39, 0.29) is 5.91 Å². The first-order valence-corrected chi connectivity index (χ1v) is 10.6. The van der Waals surface area contributed by atoms with Gasteiger partial charge in [0.2, 0.25) is 5.91 Å². The average molecular weight is 404 g/mol. The van der Waals surface area contributed by atoms with Gasteiger partial charge in [-0.15, -0.1) is 0 Å². The smallest absolute Gasteiger partial charge is 0.224 e. The van der Waals surface area contributed by atoms with Gasteiger partial charge >= 0.3 is 0 Å². The van der Waals surface area contributed by atoms with Gasteiger partial charge in [0.15, 0.2) is 5.96 Å². The van der Waals surface area contributed by atoms with Crippen molar-refractivity contribution in [1.29, 1.82) is 0 Å². The molecule has 162 valence electrons. The summed E-state index contributed by atoms with van der Waals surface area (Å²) in [5.74, 6) is 1.39. The lowest BCUT2D eigenvalue weighted by atomic mass is 10.0. The van der Waals surface area contributed by atoms with Crippen LogP contribution >= 0.6 is 0 Å². The summed E-state index contributed by atoms with van der Waals surface area (Å²) < 4.78 is 5.47. The maximum atomic E-state index is 12.4. The van der Waals surface area contributed by atoms with E-state index in [2.05, 4.69) is 34.4 Å². The molecule has 0 saturated carbocycles. The van der Waals surface area contributed by atoms with Gasteiger partial charge in [-0.2, -0.15) is 0 Å². The van der Waals surface area contributed by atoms with Crippen molar-refractivity contribution in [2.24, 2.45) is 10.9 Å². The number of nitrogens with one attached hydrogen (secondary N) is 2. The van der Waals surface area contributed by atoms with E-state index in [0.29, 0.717) is 31.5 Å². The van der Waals surface area contributed by atoms with Gasteiger partial charge in [0.25, 0.3) is 0 Å². The fourth-order valence-electron chi connectivity index (χ4n) is 3.54. The molecule has 1 atom stereocenters. The molecule has 1 aliphatic heterocycles. The van der Waals surface area contributed by atoms with Gasteiger partial charge in [0.05, 0.1) is 13.2 Å². The van der Waals surface area contributed by atoms with Crippen LogP contribution in [0.1, 0.15) is 25.8 Å². The molecule has 7 heteroatoms. The highest BCUT2D eigenvalue weighted by atomic mass is 16.5. The number of guanidine groups is 1. The highest BCUT2D eigenvalue weighted by Gasteiger charge is 2.23. The predicted octanol–water partition coefficient (Wildman–Crippen LogP) is 1.56. The van der Waals surface area contributed by atoms with Crippen LogP contribution in [-0.4, -0.2) is 81.2 Å². The summed E-state index contributed by atoms with van der Waals surface area (Å²) in [5, 5.41) is 6.69. The minimum atomic E-state index is 0.116. The second-order valence-corrected chi connectivity index (χ2v) is 7.82. The van der Waals surface area contributed by atoms with Crippen molar-refractivity contribution in [1.82, 2.24) is 20.4 Å². The summed E-state index contributed by atoms with van der Waals surface area (Å²) in [5.41, 5.74) is 1.14. The maximum Gasteiger partial charge on any atom is 0.224 e. The van der Waals surface area contributed by atoms with Crippen molar-refractivity contribution < 1.29 is 9.53 Å². The van der Waals surface area contributed by atoms with Gasteiger partial charge < -0.3 is 20.3 Å². The maximum absolute atomic E-state index is 12.4. The van der Waals surface area contributed by atoms with Crippen LogP contribution in [-0.2, 0) is 16.1 Å². The van der Waals surface area contributed by atoms with E-state index in [0.717, 1.165) is 44.4 Å². The first-order valence-electron chi connectivity index (χ1n) is 10.6. The molecule has 0 bridgehead atoms. The normalized spacial score (nSPS) is 16.5. The number of amides is 1. The Morgan fingerprint density at radius 3 is 2.52 bits per heavy atom. The van der Waals surface area contributed by atoms with Crippen molar-refractivity contribution in [2.75, 3.05) is 53.5 Å². The Balaban J connectivity index is 1.72. The highest BCUT2D eigenvalue weighted by molar-refractivity contribution is 5.81. The van der Waals surface area contributed by atoms with Crippen LogP contribution in [0.4, 0.5) is 0 Å². The predicted molar refractivity (Wildman–Crippen MR) is 118 cm³/mol. The fourth-order valence-corrected chi connectivity index (χ4v) is 3.54. The van der Waals surface area contributed by atoms with Gasteiger partial charge in [-0.05, 0) is 11.5 Å². The summed E-state index contributed by atoms with van der Waals surface area (Å²) in [4.78, 5) is 20.9. The molecule has 0 aliphatic carbocycles. The van der Waals surface area contributed by atoms with Crippen LogP contribution in [0.2, 0.25) is 0 Å². The van der Waals surface area contributed by atoms with Crippen LogP contribution in [0, 0.1) is 5.92 Å². The molecule has 7 nitrogen and oxygen atoms in total. The molecule has 1 fully saturated rings. The molecule has 2 N–H and O–H groups in total. The zero-order valence-corrected chi connectivity index (χ0v) is 18.4. The Hall–Kier alpha value is -2.12. The van der Waals surface area contributed by atoms with E-state index in [9.17, 15) is 4.79 Å². The molecular formula is C22H37N5O2. The third kappa shape index (κ3) is 8.03. The van der Waals surface area contributed by atoms with Crippen molar-refractivity contribution in [2.45, 2.75) is 32.9 Å². The van der Waals surface area contributed by atoms with Crippen molar-refractivity contribution in [3.8, 4) is 0 Å². The van der Waals surface area contributed by atoms with Crippen molar-refractivity contribution >= 4 is 11.9 Å². The second-order valence-electron chi connectivity index (χ2n) is 7.82. The minimum Gasteiger partial charge on any atom is -0.379 e. The van der Waals surface area contributed by atoms with Crippen LogP contribution in [0.5, 0.6) is 0 Å². The molecule has 0 spiro atoms. The molecule has 29 heavy (non-hydrogen) atoms. The second kappa shape index (κ2) is 12.4. The Kier molecular flexibility index (Phi) is 9.94. The van der Waals surface area contributed by atoms with Crippen molar-refractivity contribution in [3.63, 3.8) is 0 Å². The Morgan fingerprint density at radius 2 is 1.90 bits per heavy atom. The number of benzene rings is 1. The molecule has 1 amide bonds. The van der Waals surface area contributed by atoms with Crippen LogP contribution < -0.4 is 10.6 Å².